The predicted octanol–water partition coefficient (Wildman–Crippen LogP) is 1.80. The highest BCUT2D eigenvalue weighted by molar-refractivity contribution is 5.81. The molecule has 5 heteroatoms. The molecule has 0 saturated carbocycles. The standard InChI is InChI=1S/C16H24N2O3/c1-11(2)14(10-20-3)18-15(19)9-17-16(18)12-6-5-7-13(8-12)21-4/h5-8,11,14,16-17H,9-10H2,1-4H3. The first-order valence-corrected chi connectivity index (χ1v) is 7.26. The lowest BCUT2D eigenvalue weighted by Gasteiger charge is -2.35. The van der Waals surface area contributed by atoms with Gasteiger partial charge in [0, 0.05) is 7.11 Å². The van der Waals surface area contributed by atoms with Crippen LogP contribution in [0.15, 0.2) is 24.3 Å². The summed E-state index contributed by atoms with van der Waals surface area (Å²) in [5.41, 5.74) is 1.03. The van der Waals surface area contributed by atoms with Crippen LogP contribution in [0.2, 0.25) is 0 Å². The van der Waals surface area contributed by atoms with Gasteiger partial charge in [0.1, 0.15) is 11.9 Å². The molecule has 116 valence electrons. The van der Waals surface area contributed by atoms with Gasteiger partial charge in [0.15, 0.2) is 0 Å². The Morgan fingerprint density at radius 3 is 2.76 bits per heavy atom. The summed E-state index contributed by atoms with van der Waals surface area (Å²) in [6.45, 7) is 5.11. The number of carbonyl (C=O) groups excluding carboxylic acids is 1. The van der Waals surface area contributed by atoms with Crippen molar-refractivity contribution in [1.82, 2.24) is 10.2 Å². The van der Waals surface area contributed by atoms with E-state index in [-0.39, 0.29) is 18.1 Å². The molecule has 0 aromatic heterocycles. The number of methoxy groups -OCH3 is 2. The summed E-state index contributed by atoms with van der Waals surface area (Å²) >= 11 is 0. The monoisotopic (exact) mass is 292 g/mol. The van der Waals surface area contributed by atoms with E-state index in [2.05, 4.69) is 19.2 Å². The van der Waals surface area contributed by atoms with Crippen molar-refractivity contribution >= 4 is 5.91 Å². The van der Waals surface area contributed by atoms with Gasteiger partial charge in [-0.2, -0.15) is 0 Å². The van der Waals surface area contributed by atoms with E-state index in [1.165, 1.54) is 0 Å². The zero-order valence-electron chi connectivity index (χ0n) is 13.1. The third-order valence-corrected chi connectivity index (χ3v) is 3.89. The molecule has 2 rings (SSSR count). The molecule has 1 aliphatic heterocycles. The molecule has 1 amide bonds. The molecule has 21 heavy (non-hydrogen) atoms. The lowest BCUT2D eigenvalue weighted by atomic mass is 10.0. The molecule has 0 bridgehead atoms. The molecular formula is C16H24N2O3. The van der Waals surface area contributed by atoms with Crippen LogP contribution in [0.25, 0.3) is 0 Å². The number of ether oxygens (including phenoxy) is 2. The van der Waals surface area contributed by atoms with E-state index in [1.54, 1.807) is 14.2 Å². The van der Waals surface area contributed by atoms with Crippen molar-refractivity contribution in [2.24, 2.45) is 5.92 Å². The van der Waals surface area contributed by atoms with Gasteiger partial charge in [-0.1, -0.05) is 26.0 Å². The van der Waals surface area contributed by atoms with Gasteiger partial charge in [-0.05, 0) is 23.6 Å². The van der Waals surface area contributed by atoms with Gasteiger partial charge in [-0.3, -0.25) is 10.1 Å². The lowest BCUT2D eigenvalue weighted by molar-refractivity contribution is -0.132. The first kappa shape index (κ1) is 15.8. The number of benzene rings is 1. The summed E-state index contributed by atoms with van der Waals surface area (Å²) in [7, 11) is 3.32. The number of nitrogens with one attached hydrogen (secondary N) is 1. The zero-order valence-corrected chi connectivity index (χ0v) is 13.1. The number of hydrogen-bond donors (Lipinski definition) is 1. The van der Waals surface area contributed by atoms with E-state index in [9.17, 15) is 4.79 Å². The van der Waals surface area contributed by atoms with Crippen LogP contribution in [0, 0.1) is 5.92 Å². The van der Waals surface area contributed by atoms with Gasteiger partial charge in [-0.15, -0.1) is 0 Å². The first-order chi connectivity index (χ1) is 10.1. The predicted molar refractivity (Wildman–Crippen MR) is 81.1 cm³/mol. The highest BCUT2D eigenvalue weighted by atomic mass is 16.5. The molecule has 1 aliphatic rings. The van der Waals surface area contributed by atoms with Gasteiger partial charge in [0.05, 0.1) is 26.3 Å². The molecule has 5 nitrogen and oxygen atoms in total. The maximum atomic E-state index is 12.3. The largest absolute Gasteiger partial charge is 0.497 e. The normalized spacial score (nSPS) is 20.1. The second-order valence-corrected chi connectivity index (χ2v) is 5.63. The van der Waals surface area contributed by atoms with Crippen molar-refractivity contribution in [1.29, 1.82) is 0 Å². The van der Waals surface area contributed by atoms with E-state index in [0.717, 1.165) is 11.3 Å². The molecule has 1 heterocycles. The maximum Gasteiger partial charge on any atom is 0.238 e. The van der Waals surface area contributed by atoms with Gasteiger partial charge in [0.2, 0.25) is 5.91 Å². The van der Waals surface area contributed by atoms with E-state index in [4.69, 9.17) is 9.47 Å². The van der Waals surface area contributed by atoms with Crippen molar-refractivity contribution in [2.45, 2.75) is 26.1 Å². The fourth-order valence-electron chi connectivity index (χ4n) is 2.75. The average molecular weight is 292 g/mol. The highest BCUT2D eigenvalue weighted by Gasteiger charge is 2.38. The summed E-state index contributed by atoms with van der Waals surface area (Å²) in [5, 5.41) is 3.28. The van der Waals surface area contributed by atoms with Crippen molar-refractivity contribution < 1.29 is 14.3 Å². The van der Waals surface area contributed by atoms with Crippen LogP contribution in [0.1, 0.15) is 25.6 Å². The van der Waals surface area contributed by atoms with Gasteiger partial charge in [-0.25, -0.2) is 0 Å². The van der Waals surface area contributed by atoms with Crippen LogP contribution in [0.4, 0.5) is 0 Å². The zero-order chi connectivity index (χ0) is 15.4. The van der Waals surface area contributed by atoms with Crippen molar-refractivity contribution in [3.63, 3.8) is 0 Å². The Hall–Kier alpha value is -1.59. The van der Waals surface area contributed by atoms with Crippen LogP contribution in [0.5, 0.6) is 5.75 Å². The van der Waals surface area contributed by atoms with Gasteiger partial charge >= 0.3 is 0 Å². The molecule has 1 fully saturated rings. The molecule has 1 aromatic carbocycles. The maximum absolute atomic E-state index is 12.3. The first-order valence-electron chi connectivity index (χ1n) is 7.26. The fraction of sp³-hybridized carbons (Fsp3) is 0.562. The number of hydrogen-bond acceptors (Lipinski definition) is 4. The molecule has 1 N–H and O–H groups in total. The smallest absolute Gasteiger partial charge is 0.238 e. The Bertz CT molecular complexity index is 490. The SMILES string of the molecule is COCC(C(C)C)N1C(=O)CNC1c1cccc(OC)c1. The van der Waals surface area contributed by atoms with Crippen LogP contribution >= 0.6 is 0 Å². The van der Waals surface area contributed by atoms with E-state index >= 15 is 0 Å². The molecule has 1 aromatic rings. The Balaban J connectivity index is 2.30. The topological polar surface area (TPSA) is 50.8 Å². The molecule has 1 saturated heterocycles. The summed E-state index contributed by atoms with van der Waals surface area (Å²) in [6, 6.07) is 7.87. The summed E-state index contributed by atoms with van der Waals surface area (Å²) in [6.07, 6.45) is -0.129. The van der Waals surface area contributed by atoms with Crippen LogP contribution < -0.4 is 10.1 Å². The van der Waals surface area contributed by atoms with Crippen molar-refractivity contribution in [2.75, 3.05) is 27.4 Å². The Morgan fingerprint density at radius 1 is 1.38 bits per heavy atom. The second kappa shape index (κ2) is 6.91. The van der Waals surface area contributed by atoms with E-state index < -0.39 is 0 Å². The molecule has 2 unspecified atom stereocenters. The molecule has 0 aliphatic carbocycles. The van der Waals surface area contributed by atoms with Gasteiger partial charge in [0.25, 0.3) is 0 Å². The summed E-state index contributed by atoms with van der Waals surface area (Å²) < 4.78 is 10.6. The van der Waals surface area contributed by atoms with Crippen molar-refractivity contribution in [3.8, 4) is 5.75 Å². The Morgan fingerprint density at radius 2 is 2.14 bits per heavy atom. The molecular weight excluding hydrogens is 268 g/mol. The summed E-state index contributed by atoms with van der Waals surface area (Å²) in [4.78, 5) is 14.2. The Kier molecular flexibility index (Phi) is 5.20. The van der Waals surface area contributed by atoms with E-state index in [1.807, 2.05) is 29.2 Å². The van der Waals surface area contributed by atoms with Gasteiger partial charge < -0.3 is 14.4 Å². The highest BCUT2D eigenvalue weighted by Crippen LogP contribution is 2.29. The minimum absolute atomic E-state index is 0.0497. The molecule has 0 radical (unpaired) electrons. The third kappa shape index (κ3) is 3.36. The molecule has 0 spiro atoms. The number of nitrogens with zero attached hydrogens (tertiary/aromatic N) is 1. The number of amides is 1. The van der Waals surface area contributed by atoms with Crippen LogP contribution in [-0.2, 0) is 9.53 Å². The quantitative estimate of drug-likeness (QED) is 0.868. The second-order valence-electron chi connectivity index (χ2n) is 5.63. The fourth-order valence-corrected chi connectivity index (χ4v) is 2.75. The number of rotatable bonds is 6. The lowest BCUT2D eigenvalue weighted by Crippen LogP contribution is -2.45. The van der Waals surface area contributed by atoms with Crippen molar-refractivity contribution in [3.05, 3.63) is 29.8 Å². The molecule has 2 atom stereocenters. The van der Waals surface area contributed by atoms with Crippen LogP contribution in [0.3, 0.4) is 0 Å². The minimum atomic E-state index is -0.129. The number of carbonyl (C=O) groups is 1. The Labute approximate surface area is 126 Å². The third-order valence-electron chi connectivity index (χ3n) is 3.89. The summed E-state index contributed by atoms with van der Waals surface area (Å²) in [5.74, 6) is 1.22. The minimum Gasteiger partial charge on any atom is -0.497 e. The average Bonchev–Trinajstić information content (AvgIpc) is 2.86. The van der Waals surface area contributed by atoms with Crippen LogP contribution in [-0.4, -0.2) is 44.2 Å². The van der Waals surface area contributed by atoms with E-state index in [0.29, 0.717) is 19.1 Å².